The highest BCUT2D eigenvalue weighted by Gasteiger charge is 2.25. The molecule has 0 N–H and O–H groups in total. The molecule has 0 aliphatic heterocycles. The fourth-order valence-electron chi connectivity index (χ4n) is 1.81. The van der Waals surface area contributed by atoms with Gasteiger partial charge in [-0.2, -0.15) is 5.26 Å². The molecule has 1 saturated carbocycles. The molecule has 0 bridgehead atoms. The highest BCUT2D eigenvalue weighted by atomic mass is 16.1. The van der Waals surface area contributed by atoms with Gasteiger partial charge in [0.25, 0.3) is 0 Å². The van der Waals surface area contributed by atoms with Crippen LogP contribution in [0.4, 0.5) is 0 Å². The van der Waals surface area contributed by atoms with Gasteiger partial charge in [0.2, 0.25) is 0 Å². The fraction of sp³-hybridized carbons (Fsp3) is 0.800. The van der Waals surface area contributed by atoms with Crippen LogP contribution in [0.5, 0.6) is 0 Å². The van der Waals surface area contributed by atoms with Crippen LogP contribution >= 0.6 is 0 Å². The standard InChI is InChI=1S/C10H16N2O/c1-12(8-4-7-11)9-5-2-3-6-10(9)13/h9H,2-6,8H2,1H3. The second-order valence-electron chi connectivity index (χ2n) is 3.62. The Hall–Kier alpha value is -0.880. The molecule has 1 rings (SSSR count). The summed E-state index contributed by atoms with van der Waals surface area (Å²) in [5.74, 6) is 0.353. The van der Waals surface area contributed by atoms with Crippen molar-refractivity contribution in [2.24, 2.45) is 0 Å². The van der Waals surface area contributed by atoms with Crippen molar-refractivity contribution in [2.75, 3.05) is 13.6 Å². The van der Waals surface area contributed by atoms with Gasteiger partial charge in [0.1, 0.15) is 5.78 Å². The van der Waals surface area contributed by atoms with Gasteiger partial charge in [-0.05, 0) is 19.9 Å². The zero-order chi connectivity index (χ0) is 9.68. The summed E-state index contributed by atoms with van der Waals surface area (Å²) < 4.78 is 0. The minimum Gasteiger partial charge on any atom is -0.298 e. The van der Waals surface area contributed by atoms with E-state index in [-0.39, 0.29) is 6.04 Å². The number of carbonyl (C=O) groups is 1. The number of carbonyl (C=O) groups excluding carboxylic acids is 1. The van der Waals surface area contributed by atoms with E-state index in [0.717, 1.165) is 25.7 Å². The van der Waals surface area contributed by atoms with Crippen molar-refractivity contribution >= 4 is 5.78 Å². The number of nitrogens with zero attached hydrogens (tertiary/aromatic N) is 2. The van der Waals surface area contributed by atoms with Gasteiger partial charge in [-0.3, -0.25) is 9.69 Å². The Kier molecular flexibility index (Phi) is 3.91. The number of Topliss-reactive ketones (excluding diaryl/α,β-unsaturated/α-hetero) is 1. The summed E-state index contributed by atoms with van der Waals surface area (Å²) in [6, 6.07) is 2.18. The van der Waals surface area contributed by atoms with E-state index in [0.29, 0.717) is 18.7 Å². The molecule has 0 spiro atoms. The summed E-state index contributed by atoms with van der Waals surface area (Å²) in [6.07, 6.45) is 4.40. The average Bonchev–Trinajstić information content (AvgIpc) is 2.15. The predicted octanol–water partition coefficient (Wildman–Crippen LogP) is 1.34. The van der Waals surface area contributed by atoms with Crippen LogP contribution in [0.25, 0.3) is 0 Å². The molecule has 3 nitrogen and oxygen atoms in total. The monoisotopic (exact) mass is 180 g/mol. The third-order valence-electron chi connectivity index (χ3n) is 2.63. The summed E-state index contributed by atoms with van der Waals surface area (Å²) in [4.78, 5) is 13.5. The van der Waals surface area contributed by atoms with Gasteiger partial charge < -0.3 is 0 Å². The van der Waals surface area contributed by atoms with Gasteiger partial charge in [0, 0.05) is 19.4 Å². The molecule has 3 heteroatoms. The molecular weight excluding hydrogens is 164 g/mol. The van der Waals surface area contributed by atoms with Gasteiger partial charge in [0.15, 0.2) is 0 Å². The molecule has 72 valence electrons. The lowest BCUT2D eigenvalue weighted by atomic mass is 9.93. The summed E-state index contributed by atoms with van der Waals surface area (Å²) in [5, 5.41) is 8.42. The molecule has 1 unspecified atom stereocenters. The van der Waals surface area contributed by atoms with Crippen molar-refractivity contribution in [2.45, 2.75) is 38.1 Å². The van der Waals surface area contributed by atoms with Crippen LogP contribution in [0.15, 0.2) is 0 Å². The number of hydrogen-bond donors (Lipinski definition) is 0. The van der Waals surface area contributed by atoms with Gasteiger partial charge >= 0.3 is 0 Å². The van der Waals surface area contributed by atoms with Crippen molar-refractivity contribution in [1.29, 1.82) is 5.26 Å². The first-order chi connectivity index (χ1) is 6.25. The molecule has 1 aliphatic carbocycles. The van der Waals surface area contributed by atoms with Crippen LogP contribution in [0.3, 0.4) is 0 Å². The molecule has 13 heavy (non-hydrogen) atoms. The second-order valence-corrected chi connectivity index (χ2v) is 3.62. The number of hydrogen-bond acceptors (Lipinski definition) is 3. The Morgan fingerprint density at radius 1 is 1.62 bits per heavy atom. The number of rotatable bonds is 3. The third kappa shape index (κ3) is 2.82. The number of nitriles is 1. The van der Waals surface area contributed by atoms with Gasteiger partial charge in [0.05, 0.1) is 12.1 Å². The van der Waals surface area contributed by atoms with Crippen molar-refractivity contribution in [1.82, 2.24) is 4.90 Å². The maximum atomic E-state index is 11.5. The lowest BCUT2D eigenvalue weighted by Crippen LogP contribution is -2.40. The Bertz CT molecular complexity index is 219. The highest BCUT2D eigenvalue weighted by molar-refractivity contribution is 5.84. The van der Waals surface area contributed by atoms with Crippen LogP contribution in [0.1, 0.15) is 32.1 Å². The van der Waals surface area contributed by atoms with E-state index in [1.807, 2.05) is 11.9 Å². The van der Waals surface area contributed by atoms with E-state index in [1.165, 1.54) is 0 Å². The summed E-state index contributed by atoms with van der Waals surface area (Å²) in [7, 11) is 1.94. The molecule has 0 aromatic heterocycles. The van der Waals surface area contributed by atoms with E-state index < -0.39 is 0 Å². The Balaban J connectivity index is 2.40. The quantitative estimate of drug-likeness (QED) is 0.658. The maximum Gasteiger partial charge on any atom is 0.149 e. The van der Waals surface area contributed by atoms with E-state index in [1.54, 1.807) is 0 Å². The zero-order valence-corrected chi connectivity index (χ0v) is 8.12. The second kappa shape index (κ2) is 4.98. The highest BCUT2D eigenvalue weighted by Crippen LogP contribution is 2.18. The molecular formula is C10H16N2O. The molecule has 1 atom stereocenters. The number of ketones is 1. The molecule has 0 radical (unpaired) electrons. The molecule has 0 heterocycles. The van der Waals surface area contributed by atoms with Gasteiger partial charge in [-0.1, -0.05) is 6.42 Å². The van der Waals surface area contributed by atoms with Crippen LogP contribution in [0.2, 0.25) is 0 Å². The fourth-order valence-corrected chi connectivity index (χ4v) is 1.81. The van der Waals surface area contributed by atoms with E-state index in [4.69, 9.17) is 5.26 Å². The molecule has 0 aromatic rings. The first kappa shape index (κ1) is 10.2. The Morgan fingerprint density at radius 3 is 3.00 bits per heavy atom. The minimum absolute atomic E-state index is 0.0853. The average molecular weight is 180 g/mol. The topological polar surface area (TPSA) is 44.1 Å². The van der Waals surface area contributed by atoms with Crippen molar-refractivity contribution in [3.05, 3.63) is 0 Å². The molecule has 0 saturated heterocycles. The summed E-state index contributed by atoms with van der Waals surface area (Å²) in [6.45, 7) is 0.715. The van der Waals surface area contributed by atoms with Crippen LogP contribution in [0, 0.1) is 11.3 Å². The normalized spacial score (nSPS) is 23.2. The van der Waals surface area contributed by atoms with Gasteiger partial charge in [-0.15, -0.1) is 0 Å². The Morgan fingerprint density at radius 2 is 2.38 bits per heavy atom. The molecule has 1 fully saturated rings. The summed E-state index contributed by atoms with van der Waals surface area (Å²) in [5.41, 5.74) is 0. The van der Waals surface area contributed by atoms with Crippen molar-refractivity contribution in [3.8, 4) is 6.07 Å². The SMILES string of the molecule is CN(CCC#N)C1CCCCC1=O. The lowest BCUT2D eigenvalue weighted by Gasteiger charge is -2.29. The van der Waals surface area contributed by atoms with Crippen LogP contribution in [-0.2, 0) is 4.79 Å². The van der Waals surface area contributed by atoms with Crippen molar-refractivity contribution in [3.63, 3.8) is 0 Å². The first-order valence-corrected chi connectivity index (χ1v) is 4.85. The van der Waals surface area contributed by atoms with Crippen LogP contribution in [-0.4, -0.2) is 30.3 Å². The van der Waals surface area contributed by atoms with Gasteiger partial charge in [-0.25, -0.2) is 0 Å². The molecule has 0 aromatic carbocycles. The predicted molar refractivity (Wildman–Crippen MR) is 50.1 cm³/mol. The van der Waals surface area contributed by atoms with Crippen LogP contribution < -0.4 is 0 Å². The first-order valence-electron chi connectivity index (χ1n) is 4.85. The largest absolute Gasteiger partial charge is 0.298 e. The van der Waals surface area contributed by atoms with E-state index in [2.05, 4.69) is 6.07 Å². The lowest BCUT2D eigenvalue weighted by molar-refractivity contribution is -0.125. The maximum absolute atomic E-state index is 11.5. The molecule has 1 aliphatic rings. The summed E-state index contributed by atoms with van der Waals surface area (Å²) >= 11 is 0. The van der Waals surface area contributed by atoms with Crippen molar-refractivity contribution < 1.29 is 4.79 Å². The molecule has 0 amide bonds. The minimum atomic E-state index is 0.0853. The van der Waals surface area contributed by atoms with E-state index in [9.17, 15) is 4.79 Å². The Labute approximate surface area is 79.3 Å². The number of likely N-dealkylation sites (N-methyl/N-ethyl adjacent to an activating group) is 1. The van der Waals surface area contributed by atoms with E-state index >= 15 is 0 Å². The zero-order valence-electron chi connectivity index (χ0n) is 8.12. The smallest absolute Gasteiger partial charge is 0.149 e. The third-order valence-corrected chi connectivity index (χ3v) is 2.63.